The lowest BCUT2D eigenvalue weighted by molar-refractivity contribution is -0.385. The molecule has 0 amide bonds. The maximum Gasteiger partial charge on any atom is 0.310 e. The summed E-state index contributed by atoms with van der Waals surface area (Å²) in [6, 6.07) is 3.84. The van der Waals surface area contributed by atoms with E-state index in [0.29, 0.717) is 5.56 Å². The number of phenolic OH excluding ortho intramolecular Hbond substituents is 1. The van der Waals surface area contributed by atoms with E-state index in [1.807, 2.05) is 0 Å². The Balaban J connectivity index is 3.13. The standard InChI is InChI=1S/C8H10N2O3/c1-5(9)6-2-3-7(10(12)13)8(11)4-6/h2-5,11H,9H2,1H3/t5-/m0/s1. The van der Waals surface area contributed by atoms with Crippen LogP contribution in [0.3, 0.4) is 0 Å². The number of phenols is 1. The van der Waals surface area contributed by atoms with Gasteiger partial charge in [0.2, 0.25) is 0 Å². The molecule has 1 aromatic rings. The minimum Gasteiger partial charge on any atom is -0.502 e. The number of benzene rings is 1. The van der Waals surface area contributed by atoms with E-state index < -0.39 is 4.92 Å². The first kappa shape index (κ1) is 9.47. The number of nitro groups is 1. The fourth-order valence-corrected chi connectivity index (χ4v) is 0.978. The van der Waals surface area contributed by atoms with Gasteiger partial charge in [0.25, 0.3) is 0 Å². The van der Waals surface area contributed by atoms with E-state index in [0.717, 1.165) is 0 Å². The van der Waals surface area contributed by atoms with E-state index in [4.69, 9.17) is 5.73 Å². The molecule has 0 spiro atoms. The molecule has 5 nitrogen and oxygen atoms in total. The monoisotopic (exact) mass is 182 g/mol. The van der Waals surface area contributed by atoms with Crippen molar-refractivity contribution in [1.82, 2.24) is 0 Å². The summed E-state index contributed by atoms with van der Waals surface area (Å²) in [5.74, 6) is -0.347. The summed E-state index contributed by atoms with van der Waals surface area (Å²) in [6.07, 6.45) is 0. The van der Waals surface area contributed by atoms with Gasteiger partial charge in [-0.1, -0.05) is 6.07 Å². The highest BCUT2D eigenvalue weighted by molar-refractivity contribution is 5.47. The van der Waals surface area contributed by atoms with Crippen LogP contribution in [0.25, 0.3) is 0 Å². The summed E-state index contributed by atoms with van der Waals surface area (Å²) >= 11 is 0. The predicted molar refractivity (Wildman–Crippen MR) is 47.4 cm³/mol. The molecule has 3 N–H and O–H groups in total. The quantitative estimate of drug-likeness (QED) is 0.533. The molecule has 13 heavy (non-hydrogen) atoms. The topological polar surface area (TPSA) is 89.4 Å². The highest BCUT2D eigenvalue weighted by Gasteiger charge is 2.13. The van der Waals surface area contributed by atoms with Crippen molar-refractivity contribution < 1.29 is 10.0 Å². The van der Waals surface area contributed by atoms with Crippen molar-refractivity contribution in [3.63, 3.8) is 0 Å². The lowest BCUT2D eigenvalue weighted by atomic mass is 10.1. The van der Waals surface area contributed by atoms with Crippen LogP contribution in [-0.4, -0.2) is 10.0 Å². The first-order chi connectivity index (χ1) is 6.02. The van der Waals surface area contributed by atoms with E-state index in [1.54, 1.807) is 6.92 Å². The first-order valence-electron chi connectivity index (χ1n) is 3.75. The fourth-order valence-electron chi connectivity index (χ4n) is 0.978. The molecule has 0 bridgehead atoms. The largest absolute Gasteiger partial charge is 0.502 e. The Bertz CT molecular complexity index is 336. The SMILES string of the molecule is C[C@H](N)c1ccc([N+](=O)[O-])c(O)c1. The lowest BCUT2D eigenvalue weighted by Crippen LogP contribution is -2.04. The Morgan fingerprint density at radius 2 is 2.23 bits per heavy atom. The van der Waals surface area contributed by atoms with Crippen molar-refractivity contribution >= 4 is 5.69 Å². The third kappa shape index (κ3) is 1.94. The smallest absolute Gasteiger partial charge is 0.310 e. The maximum atomic E-state index is 10.3. The van der Waals surface area contributed by atoms with Crippen LogP contribution in [0.5, 0.6) is 5.75 Å². The average molecular weight is 182 g/mol. The number of aromatic hydroxyl groups is 1. The molecule has 0 aliphatic heterocycles. The molecule has 1 aromatic carbocycles. The fraction of sp³-hybridized carbons (Fsp3) is 0.250. The second kappa shape index (κ2) is 3.40. The van der Waals surface area contributed by atoms with Crippen molar-refractivity contribution in [2.75, 3.05) is 0 Å². The summed E-state index contributed by atoms with van der Waals surface area (Å²) in [5, 5.41) is 19.5. The summed E-state index contributed by atoms with van der Waals surface area (Å²) in [5.41, 5.74) is 5.90. The second-order valence-electron chi connectivity index (χ2n) is 2.79. The summed E-state index contributed by atoms with van der Waals surface area (Å²) in [7, 11) is 0. The van der Waals surface area contributed by atoms with Gasteiger partial charge < -0.3 is 10.8 Å². The molecule has 0 unspecified atom stereocenters. The zero-order valence-corrected chi connectivity index (χ0v) is 7.10. The Labute approximate surface area is 74.9 Å². The van der Waals surface area contributed by atoms with Crippen LogP contribution in [0.2, 0.25) is 0 Å². The third-order valence-electron chi connectivity index (χ3n) is 1.72. The average Bonchev–Trinajstić information content (AvgIpc) is 2.03. The molecule has 0 aliphatic carbocycles. The van der Waals surface area contributed by atoms with Gasteiger partial charge in [0.05, 0.1) is 4.92 Å². The van der Waals surface area contributed by atoms with E-state index in [2.05, 4.69) is 0 Å². The predicted octanol–water partition coefficient (Wildman–Crippen LogP) is 1.32. The van der Waals surface area contributed by atoms with E-state index in [9.17, 15) is 15.2 Å². The Hall–Kier alpha value is -1.62. The van der Waals surface area contributed by atoms with Gasteiger partial charge in [-0.05, 0) is 18.6 Å². The lowest BCUT2D eigenvalue weighted by Gasteiger charge is -2.05. The van der Waals surface area contributed by atoms with Gasteiger partial charge in [-0.3, -0.25) is 10.1 Å². The van der Waals surface area contributed by atoms with Gasteiger partial charge in [-0.15, -0.1) is 0 Å². The Morgan fingerprint density at radius 1 is 1.62 bits per heavy atom. The molecular weight excluding hydrogens is 172 g/mol. The van der Waals surface area contributed by atoms with E-state index in [-0.39, 0.29) is 17.5 Å². The minimum absolute atomic E-state index is 0.244. The van der Waals surface area contributed by atoms with Crippen molar-refractivity contribution in [3.8, 4) is 5.75 Å². The summed E-state index contributed by atoms with van der Waals surface area (Å²) < 4.78 is 0. The van der Waals surface area contributed by atoms with Crippen LogP contribution < -0.4 is 5.73 Å². The number of hydrogen-bond acceptors (Lipinski definition) is 4. The van der Waals surface area contributed by atoms with E-state index >= 15 is 0 Å². The molecule has 5 heteroatoms. The highest BCUT2D eigenvalue weighted by Crippen LogP contribution is 2.27. The van der Waals surface area contributed by atoms with Crippen LogP contribution in [0, 0.1) is 10.1 Å². The van der Waals surface area contributed by atoms with Gasteiger partial charge in [-0.25, -0.2) is 0 Å². The number of nitrogens with zero attached hydrogens (tertiary/aromatic N) is 1. The summed E-state index contributed by atoms with van der Waals surface area (Å²) in [4.78, 5) is 9.68. The zero-order valence-electron chi connectivity index (χ0n) is 7.10. The van der Waals surface area contributed by atoms with Crippen LogP contribution in [0.4, 0.5) is 5.69 Å². The van der Waals surface area contributed by atoms with Crippen molar-refractivity contribution in [3.05, 3.63) is 33.9 Å². The number of hydrogen-bond donors (Lipinski definition) is 2. The van der Waals surface area contributed by atoms with Gasteiger partial charge in [0.15, 0.2) is 5.75 Å². The molecule has 0 radical (unpaired) electrons. The molecule has 0 heterocycles. The first-order valence-corrected chi connectivity index (χ1v) is 3.75. The van der Waals surface area contributed by atoms with Crippen molar-refractivity contribution in [2.45, 2.75) is 13.0 Å². The molecule has 0 saturated carbocycles. The highest BCUT2D eigenvalue weighted by atomic mass is 16.6. The molecule has 1 rings (SSSR count). The molecule has 70 valence electrons. The molecule has 1 atom stereocenters. The normalized spacial score (nSPS) is 12.5. The van der Waals surface area contributed by atoms with Crippen LogP contribution in [0.1, 0.15) is 18.5 Å². The van der Waals surface area contributed by atoms with Crippen LogP contribution >= 0.6 is 0 Å². The molecular formula is C8H10N2O3. The maximum absolute atomic E-state index is 10.3. The molecule has 0 saturated heterocycles. The van der Waals surface area contributed by atoms with E-state index in [1.165, 1.54) is 18.2 Å². The van der Waals surface area contributed by atoms with Crippen molar-refractivity contribution in [1.29, 1.82) is 0 Å². The number of rotatable bonds is 2. The third-order valence-corrected chi connectivity index (χ3v) is 1.72. The zero-order chi connectivity index (χ0) is 10.0. The Kier molecular flexibility index (Phi) is 2.48. The van der Waals surface area contributed by atoms with Gasteiger partial charge in [0, 0.05) is 12.1 Å². The second-order valence-corrected chi connectivity index (χ2v) is 2.79. The van der Waals surface area contributed by atoms with Crippen LogP contribution in [-0.2, 0) is 0 Å². The van der Waals surface area contributed by atoms with Crippen LogP contribution in [0.15, 0.2) is 18.2 Å². The number of nitro benzene ring substituents is 1. The molecule has 0 aromatic heterocycles. The van der Waals surface area contributed by atoms with Gasteiger partial charge in [0.1, 0.15) is 0 Å². The summed E-state index contributed by atoms with van der Waals surface area (Å²) in [6.45, 7) is 1.74. The van der Waals surface area contributed by atoms with Gasteiger partial charge >= 0.3 is 5.69 Å². The molecule has 0 aliphatic rings. The molecule has 0 fully saturated rings. The van der Waals surface area contributed by atoms with Gasteiger partial charge in [-0.2, -0.15) is 0 Å². The van der Waals surface area contributed by atoms with Crippen molar-refractivity contribution in [2.24, 2.45) is 5.73 Å². The number of nitrogens with two attached hydrogens (primary N) is 1. The Morgan fingerprint density at radius 3 is 2.62 bits per heavy atom. The minimum atomic E-state index is -0.639.